The van der Waals surface area contributed by atoms with Gasteiger partial charge in [-0.1, -0.05) is 24.3 Å². The second-order valence-electron chi connectivity index (χ2n) is 8.11. The minimum Gasteiger partial charge on any atom is -0.345 e. The van der Waals surface area contributed by atoms with Gasteiger partial charge in [0.05, 0.1) is 17.6 Å². The number of carbonyl (C=O) groups is 1. The fourth-order valence-electron chi connectivity index (χ4n) is 3.85. The summed E-state index contributed by atoms with van der Waals surface area (Å²) >= 11 is 0. The average molecular weight is 436 g/mol. The number of imidazole rings is 1. The van der Waals surface area contributed by atoms with Crippen LogP contribution < -0.4 is 21.3 Å². The van der Waals surface area contributed by atoms with E-state index < -0.39 is 0 Å². The molecule has 1 aliphatic rings. The van der Waals surface area contributed by atoms with Crippen molar-refractivity contribution in [1.82, 2.24) is 36.1 Å². The lowest BCUT2D eigenvalue weighted by molar-refractivity contribution is 0.0950. The highest BCUT2D eigenvalue weighted by molar-refractivity contribution is 5.94. The number of hydrogen-bond donors (Lipinski definition) is 5. The van der Waals surface area contributed by atoms with E-state index in [1.54, 1.807) is 0 Å². The summed E-state index contributed by atoms with van der Waals surface area (Å²) in [4.78, 5) is 22.8. The van der Waals surface area contributed by atoms with Crippen molar-refractivity contribution in [2.45, 2.75) is 13.1 Å². The fraction of sp³-hybridized carbons (Fsp3) is 0.417. The van der Waals surface area contributed by atoms with Crippen LogP contribution in [0.2, 0.25) is 0 Å². The Morgan fingerprint density at radius 3 is 2.22 bits per heavy atom. The van der Waals surface area contributed by atoms with Crippen LogP contribution in [0.1, 0.15) is 21.7 Å². The van der Waals surface area contributed by atoms with Crippen molar-refractivity contribution < 1.29 is 4.79 Å². The number of hydrogen-bond acceptors (Lipinski definition) is 6. The molecule has 0 radical (unpaired) electrons. The minimum absolute atomic E-state index is 0.0923. The van der Waals surface area contributed by atoms with E-state index in [1.165, 1.54) is 5.56 Å². The number of rotatable bonds is 5. The highest BCUT2D eigenvalue weighted by Gasteiger charge is 2.10. The Morgan fingerprint density at radius 1 is 0.875 bits per heavy atom. The third kappa shape index (κ3) is 6.61. The third-order valence-corrected chi connectivity index (χ3v) is 5.64. The van der Waals surface area contributed by atoms with Gasteiger partial charge in [0.25, 0.3) is 5.91 Å². The summed E-state index contributed by atoms with van der Waals surface area (Å²) in [5.74, 6) is 0.662. The lowest BCUT2D eigenvalue weighted by atomic mass is 10.1. The zero-order valence-electron chi connectivity index (χ0n) is 18.5. The van der Waals surface area contributed by atoms with Gasteiger partial charge in [-0.05, 0) is 29.8 Å². The molecular formula is C24H33N7O. The van der Waals surface area contributed by atoms with E-state index in [2.05, 4.69) is 48.3 Å². The van der Waals surface area contributed by atoms with Crippen molar-refractivity contribution in [2.24, 2.45) is 0 Å². The molecule has 4 rings (SSSR count). The first-order valence-corrected chi connectivity index (χ1v) is 11.4. The zero-order chi connectivity index (χ0) is 22.0. The molecule has 8 nitrogen and oxygen atoms in total. The molecule has 1 amide bonds. The Labute approximate surface area is 189 Å². The summed E-state index contributed by atoms with van der Waals surface area (Å²) in [5.41, 5.74) is 3.76. The Hall–Kier alpha value is -2.78. The van der Waals surface area contributed by atoms with Crippen LogP contribution >= 0.6 is 0 Å². The molecule has 8 heteroatoms. The van der Waals surface area contributed by atoms with Gasteiger partial charge < -0.3 is 26.3 Å². The number of carbonyl (C=O) groups excluding carboxylic acids is 1. The Bertz CT molecular complexity index is 940. The van der Waals surface area contributed by atoms with Gasteiger partial charge in [-0.15, -0.1) is 0 Å². The molecule has 0 bridgehead atoms. The standard InChI is InChI=1S/C24H33N7O/c32-24(28-17-23-29-21-3-1-2-4-22(21)30-23)20-7-5-19(6-8-20)18-31-15-13-26-11-9-25-10-12-27-14-16-31/h1-8,25-27H,9-18H2,(H,28,32)(H,29,30). The maximum Gasteiger partial charge on any atom is 0.251 e. The topological polar surface area (TPSA) is 97.1 Å². The molecule has 170 valence electrons. The summed E-state index contributed by atoms with van der Waals surface area (Å²) in [6.07, 6.45) is 0. The van der Waals surface area contributed by atoms with Crippen LogP contribution in [0.4, 0.5) is 0 Å². The molecule has 3 aromatic rings. The molecule has 1 fully saturated rings. The third-order valence-electron chi connectivity index (χ3n) is 5.64. The van der Waals surface area contributed by atoms with Crippen molar-refractivity contribution in [3.8, 4) is 0 Å². The Balaban J connectivity index is 1.28. The number of para-hydroxylation sites is 2. The van der Waals surface area contributed by atoms with E-state index in [0.29, 0.717) is 12.1 Å². The molecule has 5 N–H and O–H groups in total. The molecule has 0 unspecified atom stereocenters. The van der Waals surface area contributed by atoms with Crippen molar-refractivity contribution >= 4 is 16.9 Å². The van der Waals surface area contributed by atoms with Gasteiger partial charge in [0.1, 0.15) is 5.82 Å². The minimum atomic E-state index is -0.0923. The molecule has 2 aromatic carbocycles. The second-order valence-corrected chi connectivity index (χ2v) is 8.11. The zero-order valence-corrected chi connectivity index (χ0v) is 18.5. The molecule has 0 aliphatic carbocycles. The highest BCUT2D eigenvalue weighted by atomic mass is 16.1. The first-order valence-electron chi connectivity index (χ1n) is 11.4. The molecule has 1 aliphatic heterocycles. The summed E-state index contributed by atoms with van der Waals surface area (Å²) < 4.78 is 0. The van der Waals surface area contributed by atoms with E-state index in [4.69, 9.17) is 0 Å². The van der Waals surface area contributed by atoms with Gasteiger partial charge in [0.2, 0.25) is 0 Å². The maximum atomic E-state index is 12.6. The van der Waals surface area contributed by atoms with Crippen molar-refractivity contribution in [3.05, 3.63) is 65.5 Å². The van der Waals surface area contributed by atoms with Crippen LogP contribution in [0.15, 0.2) is 48.5 Å². The Kier molecular flexibility index (Phi) is 8.22. The molecule has 1 aromatic heterocycles. The maximum absolute atomic E-state index is 12.6. The number of benzene rings is 2. The first-order chi connectivity index (χ1) is 15.8. The van der Waals surface area contributed by atoms with Crippen molar-refractivity contribution in [3.63, 3.8) is 0 Å². The number of nitrogens with one attached hydrogen (secondary N) is 5. The van der Waals surface area contributed by atoms with Crippen molar-refractivity contribution in [2.75, 3.05) is 52.4 Å². The van der Waals surface area contributed by atoms with E-state index in [0.717, 1.165) is 75.8 Å². The van der Waals surface area contributed by atoms with Crippen LogP contribution in [0.3, 0.4) is 0 Å². The summed E-state index contributed by atoms with van der Waals surface area (Å²) in [6.45, 7) is 9.19. The van der Waals surface area contributed by atoms with E-state index in [-0.39, 0.29) is 5.91 Å². The number of aromatic nitrogens is 2. The van der Waals surface area contributed by atoms with E-state index in [9.17, 15) is 4.79 Å². The van der Waals surface area contributed by atoms with Crippen LogP contribution in [0.5, 0.6) is 0 Å². The molecule has 0 saturated carbocycles. The number of aromatic amines is 1. The number of nitrogens with zero attached hydrogens (tertiary/aromatic N) is 2. The van der Waals surface area contributed by atoms with Crippen LogP contribution in [0, 0.1) is 0 Å². The smallest absolute Gasteiger partial charge is 0.251 e. The van der Waals surface area contributed by atoms with Gasteiger partial charge in [-0.2, -0.15) is 0 Å². The van der Waals surface area contributed by atoms with Gasteiger partial charge in [-0.25, -0.2) is 4.98 Å². The monoisotopic (exact) mass is 435 g/mol. The number of fused-ring (bicyclic) bond motifs is 1. The predicted molar refractivity (Wildman–Crippen MR) is 128 cm³/mol. The normalized spacial score (nSPS) is 16.9. The van der Waals surface area contributed by atoms with Crippen LogP contribution in [0.25, 0.3) is 11.0 Å². The van der Waals surface area contributed by atoms with Crippen molar-refractivity contribution in [1.29, 1.82) is 0 Å². The summed E-state index contributed by atoms with van der Waals surface area (Å²) in [7, 11) is 0. The lowest BCUT2D eigenvalue weighted by Gasteiger charge is -2.24. The van der Waals surface area contributed by atoms with E-state index >= 15 is 0 Å². The molecule has 0 spiro atoms. The largest absolute Gasteiger partial charge is 0.345 e. The SMILES string of the molecule is O=C(NCc1nc2ccccc2[nH]1)c1ccc(CN2CCNCCNCCNCC2)cc1. The second kappa shape index (κ2) is 11.7. The fourth-order valence-corrected chi connectivity index (χ4v) is 3.85. The lowest BCUT2D eigenvalue weighted by Crippen LogP contribution is -2.41. The molecule has 1 saturated heterocycles. The average Bonchev–Trinajstić information content (AvgIpc) is 3.23. The highest BCUT2D eigenvalue weighted by Crippen LogP contribution is 2.11. The Morgan fingerprint density at radius 2 is 1.53 bits per heavy atom. The summed E-state index contributed by atoms with van der Waals surface area (Å²) in [5, 5.41) is 13.4. The van der Waals surface area contributed by atoms with Gasteiger partial charge in [-0.3, -0.25) is 9.69 Å². The molecular weight excluding hydrogens is 402 g/mol. The van der Waals surface area contributed by atoms with Gasteiger partial charge in [0, 0.05) is 64.5 Å². The van der Waals surface area contributed by atoms with Gasteiger partial charge >= 0.3 is 0 Å². The first kappa shape index (κ1) is 22.4. The molecule has 32 heavy (non-hydrogen) atoms. The quantitative estimate of drug-likeness (QED) is 0.412. The summed E-state index contributed by atoms with van der Waals surface area (Å²) in [6, 6.07) is 15.8. The van der Waals surface area contributed by atoms with Crippen LogP contribution in [-0.2, 0) is 13.1 Å². The molecule has 2 heterocycles. The number of amides is 1. The number of H-pyrrole nitrogens is 1. The van der Waals surface area contributed by atoms with Crippen LogP contribution in [-0.4, -0.2) is 73.1 Å². The van der Waals surface area contributed by atoms with E-state index in [1.807, 2.05) is 36.4 Å². The van der Waals surface area contributed by atoms with Gasteiger partial charge in [0.15, 0.2) is 0 Å². The molecule has 0 atom stereocenters. The predicted octanol–water partition coefficient (Wildman–Crippen LogP) is 1.08.